The van der Waals surface area contributed by atoms with Crippen molar-refractivity contribution in [3.63, 3.8) is 0 Å². The number of ether oxygens (including phenoxy) is 1. The summed E-state index contributed by atoms with van der Waals surface area (Å²) in [5, 5.41) is 9.09. The van der Waals surface area contributed by atoms with E-state index in [1.54, 1.807) is 11.9 Å². The molecule has 92 valence electrons. The first-order chi connectivity index (χ1) is 8.55. The summed E-state index contributed by atoms with van der Waals surface area (Å²) in [6.45, 7) is 2.07. The number of likely N-dealkylation sites (N-methyl/N-ethyl adjacent to an activating group) is 1. The Morgan fingerprint density at radius 2 is 2.33 bits per heavy atom. The Labute approximate surface area is 106 Å². The first-order valence-corrected chi connectivity index (χ1v) is 6.00. The zero-order valence-electron chi connectivity index (χ0n) is 10.4. The highest BCUT2D eigenvalue weighted by Crippen LogP contribution is 2.59. The first kappa shape index (κ1) is 11.1. The van der Waals surface area contributed by atoms with Gasteiger partial charge in [-0.15, -0.1) is 0 Å². The van der Waals surface area contributed by atoms with Gasteiger partial charge in [-0.05, 0) is 31.0 Å². The Bertz CT molecular complexity index is 576. The molecule has 0 radical (unpaired) electrons. The number of amides is 1. The van der Waals surface area contributed by atoms with Crippen LogP contribution < -0.4 is 9.64 Å². The lowest BCUT2D eigenvalue weighted by atomic mass is 10.0. The van der Waals surface area contributed by atoms with Crippen molar-refractivity contribution in [2.45, 2.75) is 19.3 Å². The number of rotatable bonds is 1. The topological polar surface area (TPSA) is 53.3 Å². The van der Waals surface area contributed by atoms with Gasteiger partial charge in [-0.2, -0.15) is 5.26 Å². The molecule has 0 aromatic heterocycles. The molecule has 18 heavy (non-hydrogen) atoms. The highest BCUT2D eigenvalue weighted by molar-refractivity contribution is 5.97. The Morgan fingerprint density at radius 1 is 1.56 bits per heavy atom. The molecule has 1 aliphatic carbocycles. The molecule has 3 rings (SSSR count). The van der Waals surface area contributed by atoms with Gasteiger partial charge < -0.3 is 9.64 Å². The smallest absolute Gasteiger partial charge is 0.264 e. The van der Waals surface area contributed by atoms with Crippen LogP contribution in [0.15, 0.2) is 18.2 Å². The Kier molecular flexibility index (Phi) is 2.15. The van der Waals surface area contributed by atoms with Crippen LogP contribution in [0, 0.1) is 16.7 Å². The molecule has 0 saturated heterocycles. The molecule has 4 nitrogen and oxygen atoms in total. The predicted molar refractivity (Wildman–Crippen MR) is 66.4 cm³/mol. The highest BCUT2D eigenvalue weighted by Gasteiger charge is 2.51. The van der Waals surface area contributed by atoms with E-state index in [1.165, 1.54) is 0 Å². The summed E-state index contributed by atoms with van der Waals surface area (Å²) < 4.78 is 5.38. The van der Waals surface area contributed by atoms with Gasteiger partial charge in [-0.3, -0.25) is 4.79 Å². The van der Waals surface area contributed by atoms with Crippen molar-refractivity contribution in [3.8, 4) is 11.8 Å². The molecule has 1 saturated carbocycles. The van der Waals surface area contributed by atoms with Gasteiger partial charge in [0.15, 0.2) is 6.61 Å². The van der Waals surface area contributed by atoms with E-state index < -0.39 is 0 Å². The standard InChI is InChI=1S/C14H14N2O2/c1-14(8-15)6-10(14)9-3-4-12-11(5-9)16(2)13(17)7-18-12/h3-5,10H,6-7H2,1-2H3. The average Bonchev–Trinajstić information content (AvgIpc) is 3.07. The van der Waals surface area contributed by atoms with Crippen molar-refractivity contribution >= 4 is 11.6 Å². The summed E-state index contributed by atoms with van der Waals surface area (Å²) in [6.07, 6.45) is 0.890. The molecule has 1 fully saturated rings. The number of carbonyl (C=O) groups excluding carboxylic acids is 1. The molecule has 1 aromatic rings. The van der Waals surface area contributed by atoms with Crippen LogP contribution in [0.4, 0.5) is 5.69 Å². The van der Waals surface area contributed by atoms with Gasteiger partial charge in [0.05, 0.1) is 17.2 Å². The lowest BCUT2D eigenvalue weighted by Crippen LogP contribution is -2.35. The molecule has 1 aliphatic heterocycles. The second kappa shape index (κ2) is 3.49. The van der Waals surface area contributed by atoms with Crippen molar-refractivity contribution in [2.75, 3.05) is 18.6 Å². The summed E-state index contributed by atoms with van der Waals surface area (Å²) in [5.41, 5.74) is 1.67. The van der Waals surface area contributed by atoms with Crippen LogP contribution in [0.2, 0.25) is 0 Å². The maximum Gasteiger partial charge on any atom is 0.264 e. The van der Waals surface area contributed by atoms with Crippen LogP contribution in [0.1, 0.15) is 24.8 Å². The highest BCUT2D eigenvalue weighted by atomic mass is 16.5. The maximum absolute atomic E-state index is 11.6. The monoisotopic (exact) mass is 242 g/mol. The van der Waals surface area contributed by atoms with Gasteiger partial charge in [0.1, 0.15) is 5.75 Å². The molecule has 1 aromatic carbocycles. The van der Waals surface area contributed by atoms with Crippen molar-refractivity contribution < 1.29 is 9.53 Å². The quantitative estimate of drug-likeness (QED) is 0.757. The molecule has 1 amide bonds. The number of hydrogen-bond donors (Lipinski definition) is 0. The summed E-state index contributed by atoms with van der Waals surface area (Å²) in [4.78, 5) is 13.2. The minimum atomic E-state index is -0.244. The number of fused-ring (bicyclic) bond motifs is 1. The predicted octanol–water partition coefficient (Wildman–Crippen LogP) is 2.06. The van der Waals surface area contributed by atoms with Crippen LogP contribution in [-0.4, -0.2) is 19.6 Å². The van der Waals surface area contributed by atoms with Crippen molar-refractivity contribution in [1.29, 1.82) is 5.26 Å². The number of hydrogen-bond acceptors (Lipinski definition) is 3. The second-order valence-corrected chi connectivity index (χ2v) is 5.25. The molecule has 4 heteroatoms. The van der Waals surface area contributed by atoms with E-state index in [1.807, 2.05) is 25.1 Å². The molecule has 2 atom stereocenters. The van der Waals surface area contributed by atoms with Gasteiger partial charge in [0.25, 0.3) is 5.91 Å². The minimum Gasteiger partial charge on any atom is -0.482 e. The van der Waals surface area contributed by atoms with E-state index in [2.05, 4.69) is 6.07 Å². The summed E-state index contributed by atoms with van der Waals surface area (Å²) in [5.74, 6) is 0.969. The molecule has 0 spiro atoms. The van der Waals surface area contributed by atoms with Crippen molar-refractivity contribution in [1.82, 2.24) is 0 Å². The lowest BCUT2D eigenvalue weighted by molar-refractivity contribution is -0.120. The minimum absolute atomic E-state index is 0.0431. The second-order valence-electron chi connectivity index (χ2n) is 5.25. The first-order valence-electron chi connectivity index (χ1n) is 6.00. The third kappa shape index (κ3) is 1.47. The van der Waals surface area contributed by atoms with Crippen LogP contribution in [0.3, 0.4) is 0 Å². The average molecular weight is 242 g/mol. The largest absolute Gasteiger partial charge is 0.482 e. The molecule has 0 bridgehead atoms. The molecule has 1 heterocycles. The third-order valence-corrected chi connectivity index (χ3v) is 3.96. The summed E-state index contributed by atoms with van der Waals surface area (Å²) >= 11 is 0. The normalized spacial score (nSPS) is 29.3. The Morgan fingerprint density at radius 3 is 3.00 bits per heavy atom. The maximum atomic E-state index is 11.6. The molecular weight excluding hydrogens is 228 g/mol. The molecular formula is C14H14N2O2. The number of benzene rings is 1. The van der Waals surface area contributed by atoms with Gasteiger partial charge in [0, 0.05) is 13.0 Å². The van der Waals surface area contributed by atoms with Gasteiger partial charge in [0.2, 0.25) is 0 Å². The molecule has 2 aliphatic rings. The van der Waals surface area contributed by atoms with Crippen molar-refractivity contribution in [2.24, 2.45) is 5.41 Å². The number of carbonyl (C=O) groups is 1. The number of nitrogens with zero attached hydrogens (tertiary/aromatic N) is 2. The zero-order chi connectivity index (χ0) is 12.9. The van der Waals surface area contributed by atoms with Crippen LogP contribution >= 0.6 is 0 Å². The summed E-state index contributed by atoms with van der Waals surface area (Å²) in [6, 6.07) is 8.21. The van der Waals surface area contributed by atoms with E-state index >= 15 is 0 Å². The Balaban J connectivity index is 1.97. The van der Waals surface area contributed by atoms with E-state index in [0.717, 1.165) is 23.4 Å². The molecule has 0 N–H and O–H groups in total. The number of anilines is 1. The Hall–Kier alpha value is -2.02. The molecule has 2 unspecified atom stereocenters. The van der Waals surface area contributed by atoms with Crippen molar-refractivity contribution in [3.05, 3.63) is 23.8 Å². The van der Waals surface area contributed by atoms with Crippen LogP contribution in [-0.2, 0) is 4.79 Å². The fourth-order valence-electron chi connectivity index (χ4n) is 2.48. The number of nitriles is 1. The zero-order valence-corrected chi connectivity index (χ0v) is 10.4. The van der Waals surface area contributed by atoms with Crippen LogP contribution in [0.5, 0.6) is 5.75 Å². The summed E-state index contributed by atoms with van der Waals surface area (Å²) in [7, 11) is 1.75. The SMILES string of the molecule is CN1C(=O)COc2ccc(C3CC3(C)C#N)cc21. The van der Waals surface area contributed by atoms with Gasteiger partial charge in [-0.25, -0.2) is 0 Å². The lowest BCUT2D eigenvalue weighted by Gasteiger charge is -2.26. The fraction of sp³-hybridized carbons (Fsp3) is 0.429. The van der Waals surface area contributed by atoms with Crippen LogP contribution in [0.25, 0.3) is 0 Å². The van der Waals surface area contributed by atoms with E-state index in [9.17, 15) is 4.79 Å². The van der Waals surface area contributed by atoms with E-state index in [4.69, 9.17) is 10.00 Å². The third-order valence-electron chi connectivity index (χ3n) is 3.96. The van der Waals surface area contributed by atoms with E-state index in [-0.39, 0.29) is 23.8 Å². The van der Waals surface area contributed by atoms with E-state index in [0.29, 0.717) is 0 Å². The van der Waals surface area contributed by atoms with Gasteiger partial charge in [-0.1, -0.05) is 6.07 Å². The van der Waals surface area contributed by atoms with Gasteiger partial charge >= 0.3 is 0 Å². The fourth-order valence-corrected chi connectivity index (χ4v) is 2.48.